The average Bonchev–Trinajstić information content (AvgIpc) is 3.46. The molecule has 1 aromatic heterocycles. The van der Waals surface area contributed by atoms with E-state index in [1.54, 1.807) is 11.1 Å². The number of rotatable bonds is 6. The van der Waals surface area contributed by atoms with Crippen molar-refractivity contribution < 1.29 is 9.53 Å². The van der Waals surface area contributed by atoms with Gasteiger partial charge in [0.05, 0.1) is 18.5 Å². The normalized spacial score (nSPS) is 17.5. The Balaban J connectivity index is 1.38. The van der Waals surface area contributed by atoms with Crippen LogP contribution in [0.15, 0.2) is 30.5 Å². The number of imidazole rings is 1. The fourth-order valence-electron chi connectivity index (χ4n) is 4.41. The number of ether oxygens (including phenoxy) is 1. The van der Waals surface area contributed by atoms with Gasteiger partial charge >= 0.3 is 6.09 Å². The SMILES string of the molecule is CCN(C(=O)OCC1CCCCC1)c1ncc(-c2ccc(N3CCCC3)cc2)[nH]1. The van der Waals surface area contributed by atoms with E-state index >= 15 is 0 Å². The van der Waals surface area contributed by atoms with Crippen LogP contribution in [-0.4, -0.2) is 42.3 Å². The van der Waals surface area contributed by atoms with Crippen molar-refractivity contribution in [2.45, 2.75) is 51.9 Å². The summed E-state index contributed by atoms with van der Waals surface area (Å²) in [5.41, 5.74) is 3.25. The van der Waals surface area contributed by atoms with E-state index in [0.717, 1.165) is 37.2 Å². The molecule has 29 heavy (non-hydrogen) atoms. The summed E-state index contributed by atoms with van der Waals surface area (Å²) >= 11 is 0. The Bertz CT molecular complexity index is 789. The van der Waals surface area contributed by atoms with Crippen molar-refractivity contribution in [2.75, 3.05) is 36.0 Å². The van der Waals surface area contributed by atoms with Crippen LogP contribution in [0.25, 0.3) is 11.3 Å². The van der Waals surface area contributed by atoms with Crippen LogP contribution in [0, 0.1) is 5.92 Å². The molecule has 1 aliphatic heterocycles. The number of hydrogen-bond acceptors (Lipinski definition) is 4. The van der Waals surface area contributed by atoms with E-state index in [2.05, 4.69) is 39.1 Å². The molecule has 6 heteroatoms. The molecular formula is C23H32N4O2. The average molecular weight is 397 g/mol. The van der Waals surface area contributed by atoms with Crippen LogP contribution >= 0.6 is 0 Å². The smallest absolute Gasteiger partial charge is 0.416 e. The maximum atomic E-state index is 12.6. The van der Waals surface area contributed by atoms with Crippen LogP contribution in [0.5, 0.6) is 0 Å². The maximum Gasteiger partial charge on any atom is 0.416 e. The quantitative estimate of drug-likeness (QED) is 0.727. The third-order valence-corrected chi connectivity index (χ3v) is 6.17. The standard InChI is InChI=1S/C23H32N4O2/c1-2-27(23(28)29-17-18-8-4-3-5-9-18)22-24-16-21(25-22)19-10-12-20(13-11-19)26-14-6-7-15-26/h10-13,16,18H,2-9,14-15,17H2,1H3,(H,24,25). The van der Waals surface area contributed by atoms with Gasteiger partial charge < -0.3 is 14.6 Å². The van der Waals surface area contributed by atoms with Gasteiger partial charge in [-0.15, -0.1) is 0 Å². The molecule has 0 spiro atoms. The number of nitrogens with zero attached hydrogens (tertiary/aromatic N) is 3. The zero-order valence-corrected chi connectivity index (χ0v) is 17.4. The molecule has 4 rings (SSSR count). The molecule has 0 atom stereocenters. The monoisotopic (exact) mass is 396 g/mol. The van der Waals surface area contributed by atoms with E-state index < -0.39 is 0 Å². The van der Waals surface area contributed by atoms with E-state index in [-0.39, 0.29) is 6.09 Å². The number of nitrogens with one attached hydrogen (secondary N) is 1. The molecule has 2 aliphatic rings. The van der Waals surface area contributed by atoms with Crippen molar-refractivity contribution in [3.63, 3.8) is 0 Å². The van der Waals surface area contributed by atoms with Gasteiger partial charge in [0.2, 0.25) is 5.95 Å². The Hall–Kier alpha value is -2.50. The molecule has 1 aromatic carbocycles. The number of hydrogen-bond donors (Lipinski definition) is 1. The van der Waals surface area contributed by atoms with Crippen molar-refractivity contribution >= 4 is 17.7 Å². The molecule has 2 fully saturated rings. The lowest BCUT2D eigenvalue weighted by atomic mass is 9.90. The summed E-state index contributed by atoms with van der Waals surface area (Å²) in [6.45, 7) is 5.25. The summed E-state index contributed by atoms with van der Waals surface area (Å²) in [5.74, 6) is 1.05. The molecule has 0 radical (unpaired) electrons. The summed E-state index contributed by atoms with van der Waals surface area (Å²) < 4.78 is 5.60. The van der Waals surface area contributed by atoms with Gasteiger partial charge in [-0.1, -0.05) is 31.4 Å². The van der Waals surface area contributed by atoms with Crippen LogP contribution in [-0.2, 0) is 4.74 Å². The first kappa shape index (κ1) is 19.8. The lowest BCUT2D eigenvalue weighted by Crippen LogP contribution is -2.33. The number of aromatic nitrogens is 2. The third kappa shape index (κ3) is 4.74. The molecule has 1 saturated heterocycles. The number of anilines is 2. The van der Waals surface area contributed by atoms with Crippen molar-refractivity contribution in [1.29, 1.82) is 0 Å². The number of carbonyl (C=O) groups excluding carboxylic acids is 1. The van der Waals surface area contributed by atoms with Gasteiger partial charge in [0, 0.05) is 25.3 Å². The zero-order chi connectivity index (χ0) is 20.1. The molecule has 1 aliphatic carbocycles. The summed E-state index contributed by atoms with van der Waals surface area (Å²) in [6.07, 6.45) is 10.1. The summed E-state index contributed by atoms with van der Waals surface area (Å²) in [7, 11) is 0. The molecular weight excluding hydrogens is 364 g/mol. The molecule has 2 heterocycles. The minimum absolute atomic E-state index is 0.316. The Morgan fingerprint density at radius 3 is 2.55 bits per heavy atom. The van der Waals surface area contributed by atoms with Gasteiger partial charge in [-0.25, -0.2) is 14.7 Å². The van der Waals surface area contributed by atoms with Crippen molar-refractivity contribution in [3.05, 3.63) is 30.5 Å². The van der Waals surface area contributed by atoms with Gasteiger partial charge in [-0.05, 0) is 56.2 Å². The summed E-state index contributed by atoms with van der Waals surface area (Å²) in [5, 5.41) is 0. The summed E-state index contributed by atoms with van der Waals surface area (Å²) in [4.78, 5) is 24.3. The second-order valence-corrected chi connectivity index (χ2v) is 8.19. The van der Waals surface area contributed by atoms with Crippen molar-refractivity contribution in [2.24, 2.45) is 5.92 Å². The highest BCUT2D eigenvalue weighted by Crippen LogP contribution is 2.27. The Kier molecular flexibility index (Phi) is 6.37. The lowest BCUT2D eigenvalue weighted by Gasteiger charge is -2.23. The van der Waals surface area contributed by atoms with E-state index in [1.807, 2.05) is 6.92 Å². The fourth-order valence-corrected chi connectivity index (χ4v) is 4.41. The second-order valence-electron chi connectivity index (χ2n) is 8.19. The predicted octanol–water partition coefficient (Wildman–Crippen LogP) is 5.22. The van der Waals surface area contributed by atoms with Gasteiger partial charge in [0.15, 0.2) is 0 Å². The van der Waals surface area contributed by atoms with Gasteiger partial charge in [0.1, 0.15) is 0 Å². The summed E-state index contributed by atoms with van der Waals surface area (Å²) in [6, 6.07) is 8.56. The molecule has 1 saturated carbocycles. The van der Waals surface area contributed by atoms with Crippen LogP contribution in [0.4, 0.5) is 16.4 Å². The lowest BCUT2D eigenvalue weighted by molar-refractivity contribution is 0.122. The number of H-pyrrole nitrogens is 1. The van der Waals surface area contributed by atoms with Crippen LogP contribution in [0.3, 0.4) is 0 Å². The van der Waals surface area contributed by atoms with E-state index in [9.17, 15) is 4.79 Å². The van der Waals surface area contributed by atoms with Gasteiger partial charge in [0.25, 0.3) is 0 Å². The maximum absolute atomic E-state index is 12.6. The minimum Gasteiger partial charge on any atom is -0.449 e. The molecule has 6 nitrogen and oxygen atoms in total. The molecule has 2 aromatic rings. The van der Waals surface area contributed by atoms with Crippen molar-refractivity contribution in [3.8, 4) is 11.3 Å². The Labute approximate surface area is 173 Å². The minimum atomic E-state index is -0.316. The van der Waals surface area contributed by atoms with Gasteiger partial charge in [-0.3, -0.25) is 0 Å². The number of aromatic amines is 1. The largest absolute Gasteiger partial charge is 0.449 e. The Morgan fingerprint density at radius 1 is 1.14 bits per heavy atom. The highest BCUT2D eigenvalue weighted by molar-refractivity contribution is 5.85. The second kappa shape index (κ2) is 9.33. The van der Waals surface area contributed by atoms with E-state index in [0.29, 0.717) is 25.0 Å². The first-order valence-corrected chi connectivity index (χ1v) is 11.1. The molecule has 1 amide bonds. The Morgan fingerprint density at radius 2 is 1.86 bits per heavy atom. The molecule has 0 bridgehead atoms. The fraction of sp³-hybridized carbons (Fsp3) is 0.565. The van der Waals surface area contributed by atoms with Crippen LogP contribution in [0.1, 0.15) is 51.9 Å². The van der Waals surface area contributed by atoms with Gasteiger partial charge in [-0.2, -0.15) is 0 Å². The van der Waals surface area contributed by atoms with Crippen molar-refractivity contribution in [1.82, 2.24) is 9.97 Å². The molecule has 1 N–H and O–H groups in total. The molecule has 0 unspecified atom stereocenters. The first-order valence-electron chi connectivity index (χ1n) is 11.1. The number of benzene rings is 1. The predicted molar refractivity (Wildman–Crippen MR) is 116 cm³/mol. The van der Waals surface area contributed by atoms with E-state index in [1.165, 1.54) is 37.8 Å². The third-order valence-electron chi connectivity index (χ3n) is 6.17. The van der Waals surface area contributed by atoms with Crippen LogP contribution in [0.2, 0.25) is 0 Å². The topological polar surface area (TPSA) is 61.5 Å². The first-order chi connectivity index (χ1) is 14.2. The highest BCUT2D eigenvalue weighted by Gasteiger charge is 2.21. The highest BCUT2D eigenvalue weighted by atomic mass is 16.6. The van der Waals surface area contributed by atoms with E-state index in [4.69, 9.17) is 4.74 Å². The molecule has 156 valence electrons. The number of amides is 1. The number of carbonyl (C=O) groups is 1. The zero-order valence-electron chi connectivity index (χ0n) is 17.4. The van der Waals surface area contributed by atoms with Crippen LogP contribution < -0.4 is 9.80 Å².